The molecule has 0 unspecified atom stereocenters. The standard InChI is InChI=1S/C21H22N4O6S/c1-3-31-18-11-14(16(25(27)28)12-17(18)29-2)20(26)22-13-4-5-15-19(10-13)32-21(23-15)24-6-8-30-9-7-24/h4-5,10-12H,3,6-9H2,1-2H3,(H,22,26). The van der Waals surface area contributed by atoms with E-state index < -0.39 is 10.8 Å². The van der Waals surface area contributed by atoms with Crippen LogP contribution in [0.3, 0.4) is 0 Å². The smallest absolute Gasteiger partial charge is 0.286 e. The number of hydrogen-bond acceptors (Lipinski definition) is 9. The van der Waals surface area contributed by atoms with Gasteiger partial charge in [0.25, 0.3) is 11.6 Å². The number of nitrogens with zero attached hydrogens (tertiary/aromatic N) is 3. The van der Waals surface area contributed by atoms with Crippen molar-refractivity contribution in [2.24, 2.45) is 0 Å². The van der Waals surface area contributed by atoms with Crippen LogP contribution in [0.2, 0.25) is 0 Å². The molecule has 1 N–H and O–H groups in total. The topological polar surface area (TPSA) is 116 Å². The molecule has 0 radical (unpaired) electrons. The van der Waals surface area contributed by atoms with Crippen molar-refractivity contribution in [1.82, 2.24) is 4.98 Å². The molecule has 0 spiro atoms. The fourth-order valence-corrected chi connectivity index (χ4v) is 4.45. The largest absolute Gasteiger partial charge is 0.493 e. The third-order valence-electron chi connectivity index (χ3n) is 4.94. The minimum atomic E-state index is -0.617. The Kier molecular flexibility index (Phi) is 6.37. The zero-order valence-corrected chi connectivity index (χ0v) is 18.4. The van der Waals surface area contributed by atoms with Gasteiger partial charge in [-0.3, -0.25) is 14.9 Å². The van der Waals surface area contributed by atoms with Gasteiger partial charge in [0.05, 0.1) is 48.1 Å². The number of morpholine rings is 1. The molecule has 1 saturated heterocycles. The van der Waals surface area contributed by atoms with Gasteiger partial charge in [-0.1, -0.05) is 11.3 Å². The van der Waals surface area contributed by atoms with Gasteiger partial charge in [0.2, 0.25) is 0 Å². The van der Waals surface area contributed by atoms with Gasteiger partial charge in [-0.05, 0) is 25.1 Å². The molecule has 10 nitrogen and oxygen atoms in total. The molecule has 1 aliphatic heterocycles. The van der Waals surface area contributed by atoms with Crippen LogP contribution < -0.4 is 19.7 Å². The summed E-state index contributed by atoms with van der Waals surface area (Å²) >= 11 is 1.53. The van der Waals surface area contributed by atoms with Gasteiger partial charge < -0.3 is 24.4 Å². The number of methoxy groups -OCH3 is 1. The van der Waals surface area contributed by atoms with E-state index in [0.29, 0.717) is 25.5 Å². The third kappa shape index (κ3) is 4.43. The van der Waals surface area contributed by atoms with E-state index >= 15 is 0 Å². The molecular weight excluding hydrogens is 436 g/mol. The lowest BCUT2D eigenvalue weighted by atomic mass is 10.1. The lowest BCUT2D eigenvalue weighted by molar-refractivity contribution is -0.385. The van der Waals surface area contributed by atoms with Crippen molar-refractivity contribution in [3.63, 3.8) is 0 Å². The maximum absolute atomic E-state index is 12.9. The summed E-state index contributed by atoms with van der Waals surface area (Å²) in [6.45, 7) is 5.00. The highest BCUT2D eigenvalue weighted by molar-refractivity contribution is 7.22. The number of rotatable bonds is 7. The fourth-order valence-electron chi connectivity index (χ4n) is 3.39. The molecule has 32 heavy (non-hydrogen) atoms. The maximum Gasteiger partial charge on any atom is 0.286 e. The van der Waals surface area contributed by atoms with Crippen molar-refractivity contribution in [2.45, 2.75) is 6.92 Å². The molecule has 2 aromatic carbocycles. The summed E-state index contributed by atoms with van der Waals surface area (Å²) in [6.07, 6.45) is 0. The van der Waals surface area contributed by atoms with Crippen molar-refractivity contribution < 1.29 is 23.9 Å². The Morgan fingerprint density at radius 3 is 2.75 bits per heavy atom. The second-order valence-electron chi connectivity index (χ2n) is 6.94. The van der Waals surface area contributed by atoms with Crippen LogP contribution in [0.5, 0.6) is 11.5 Å². The molecule has 2 heterocycles. The molecule has 0 bridgehead atoms. The first-order valence-electron chi connectivity index (χ1n) is 10.0. The molecule has 0 aliphatic carbocycles. The number of carbonyl (C=O) groups is 1. The Balaban J connectivity index is 1.61. The number of nitrogens with one attached hydrogen (secondary N) is 1. The number of hydrogen-bond donors (Lipinski definition) is 1. The number of carbonyl (C=O) groups excluding carboxylic acids is 1. The fraction of sp³-hybridized carbons (Fsp3) is 0.333. The number of aromatic nitrogens is 1. The van der Waals surface area contributed by atoms with Gasteiger partial charge in [-0.2, -0.15) is 0 Å². The number of nitro groups is 1. The van der Waals surface area contributed by atoms with E-state index in [4.69, 9.17) is 14.2 Å². The molecule has 0 atom stereocenters. The average molecular weight is 458 g/mol. The monoisotopic (exact) mass is 458 g/mol. The second-order valence-corrected chi connectivity index (χ2v) is 7.95. The number of nitro benzene ring substituents is 1. The SMILES string of the molecule is CCOc1cc(C(=O)Nc2ccc3nc(N4CCOCC4)sc3c2)c([N+](=O)[O-])cc1OC. The van der Waals surface area contributed by atoms with E-state index in [1.54, 1.807) is 13.0 Å². The van der Waals surface area contributed by atoms with Crippen LogP contribution in [-0.2, 0) is 4.74 Å². The maximum atomic E-state index is 12.9. The van der Waals surface area contributed by atoms with Gasteiger partial charge in [-0.15, -0.1) is 0 Å². The summed E-state index contributed by atoms with van der Waals surface area (Å²) in [4.78, 5) is 30.7. The molecule has 1 fully saturated rings. The van der Waals surface area contributed by atoms with E-state index in [-0.39, 0.29) is 22.7 Å². The number of anilines is 2. The summed E-state index contributed by atoms with van der Waals surface area (Å²) in [5, 5.41) is 15.2. The molecule has 1 aliphatic rings. The number of amides is 1. The highest BCUT2D eigenvalue weighted by Crippen LogP contribution is 2.36. The van der Waals surface area contributed by atoms with E-state index in [1.165, 1.54) is 30.6 Å². The Morgan fingerprint density at radius 2 is 2.06 bits per heavy atom. The van der Waals surface area contributed by atoms with Crippen LogP contribution in [0.1, 0.15) is 17.3 Å². The number of ether oxygens (including phenoxy) is 3. The Hall–Kier alpha value is -3.44. The van der Waals surface area contributed by atoms with Gasteiger partial charge in [-0.25, -0.2) is 4.98 Å². The summed E-state index contributed by atoms with van der Waals surface area (Å²) in [7, 11) is 1.39. The summed E-state index contributed by atoms with van der Waals surface area (Å²) in [5.74, 6) is -0.159. The van der Waals surface area contributed by atoms with Crippen LogP contribution in [0.25, 0.3) is 10.2 Å². The minimum Gasteiger partial charge on any atom is -0.493 e. The lowest BCUT2D eigenvalue weighted by Crippen LogP contribution is -2.36. The minimum absolute atomic E-state index is 0.113. The van der Waals surface area contributed by atoms with Crippen LogP contribution in [0.4, 0.5) is 16.5 Å². The zero-order valence-electron chi connectivity index (χ0n) is 17.6. The average Bonchev–Trinajstić information content (AvgIpc) is 3.23. The molecule has 11 heteroatoms. The number of fused-ring (bicyclic) bond motifs is 1. The van der Waals surface area contributed by atoms with Crippen LogP contribution in [0.15, 0.2) is 30.3 Å². The second kappa shape index (κ2) is 9.37. The number of benzene rings is 2. The van der Waals surface area contributed by atoms with Crippen molar-refractivity contribution in [2.75, 3.05) is 50.2 Å². The summed E-state index contributed by atoms with van der Waals surface area (Å²) in [5.41, 5.74) is 0.861. The summed E-state index contributed by atoms with van der Waals surface area (Å²) in [6, 6.07) is 7.88. The molecule has 4 rings (SSSR count). The van der Waals surface area contributed by atoms with Gasteiger partial charge >= 0.3 is 0 Å². The summed E-state index contributed by atoms with van der Waals surface area (Å²) < 4.78 is 16.9. The predicted octanol–water partition coefficient (Wildman–Crippen LogP) is 3.70. The molecule has 0 saturated carbocycles. The normalized spacial score (nSPS) is 13.8. The molecule has 3 aromatic rings. The van der Waals surface area contributed by atoms with E-state index in [0.717, 1.165) is 28.4 Å². The first kappa shape index (κ1) is 21.8. The molecule has 168 valence electrons. The quantitative estimate of drug-likeness (QED) is 0.421. The molecular formula is C21H22N4O6S. The van der Waals surface area contributed by atoms with E-state index in [9.17, 15) is 14.9 Å². The third-order valence-corrected chi connectivity index (χ3v) is 6.02. The Labute approximate surface area is 187 Å². The van der Waals surface area contributed by atoms with E-state index in [2.05, 4.69) is 15.2 Å². The van der Waals surface area contributed by atoms with Gasteiger partial charge in [0, 0.05) is 24.8 Å². The lowest BCUT2D eigenvalue weighted by Gasteiger charge is -2.25. The highest BCUT2D eigenvalue weighted by atomic mass is 32.1. The van der Waals surface area contributed by atoms with Crippen molar-refractivity contribution in [3.05, 3.63) is 46.0 Å². The van der Waals surface area contributed by atoms with Gasteiger partial charge in [0.15, 0.2) is 16.6 Å². The van der Waals surface area contributed by atoms with Crippen molar-refractivity contribution in [3.8, 4) is 11.5 Å². The van der Waals surface area contributed by atoms with Crippen molar-refractivity contribution >= 4 is 44.0 Å². The van der Waals surface area contributed by atoms with Crippen LogP contribution >= 0.6 is 11.3 Å². The van der Waals surface area contributed by atoms with Gasteiger partial charge in [0.1, 0.15) is 5.56 Å². The van der Waals surface area contributed by atoms with Crippen LogP contribution in [0, 0.1) is 10.1 Å². The molecule has 1 amide bonds. The van der Waals surface area contributed by atoms with E-state index in [1.807, 2.05) is 12.1 Å². The Morgan fingerprint density at radius 1 is 1.28 bits per heavy atom. The molecule has 1 aromatic heterocycles. The predicted molar refractivity (Wildman–Crippen MR) is 121 cm³/mol. The zero-order chi connectivity index (χ0) is 22.7. The number of thiazole rings is 1. The first-order valence-corrected chi connectivity index (χ1v) is 10.9. The highest BCUT2D eigenvalue weighted by Gasteiger charge is 2.25. The van der Waals surface area contributed by atoms with Crippen molar-refractivity contribution in [1.29, 1.82) is 0 Å². The first-order chi connectivity index (χ1) is 15.5. The van der Waals surface area contributed by atoms with Crippen LogP contribution in [-0.4, -0.2) is 55.8 Å². The Bertz CT molecular complexity index is 1160.